The molecule has 4 N–H and O–H groups in total. The smallest absolute Gasteiger partial charge is 0.261 e. The Morgan fingerprint density at radius 2 is 1.95 bits per heavy atom. The maximum absolute atomic E-state index is 12.0. The van der Waals surface area contributed by atoms with Gasteiger partial charge in [-0.2, -0.15) is 0 Å². The highest BCUT2D eigenvalue weighted by Crippen LogP contribution is 2.30. The minimum Gasteiger partial charge on any atom is -0.390 e. The van der Waals surface area contributed by atoms with Crippen LogP contribution in [0.25, 0.3) is 0 Å². The first-order valence-corrected chi connectivity index (χ1v) is 7.18. The lowest BCUT2D eigenvalue weighted by Crippen LogP contribution is -2.30. The van der Waals surface area contributed by atoms with Crippen molar-refractivity contribution < 1.29 is 9.59 Å². The van der Waals surface area contributed by atoms with Crippen molar-refractivity contribution in [3.05, 3.63) is 16.0 Å². The molecule has 0 unspecified atom stereocenters. The van der Waals surface area contributed by atoms with Gasteiger partial charge in [0.05, 0.1) is 15.4 Å². The molecule has 6 heteroatoms. The van der Waals surface area contributed by atoms with Crippen molar-refractivity contribution in [1.29, 1.82) is 0 Å². The fourth-order valence-electron chi connectivity index (χ4n) is 1.69. The molecule has 2 amide bonds. The molecule has 1 heterocycles. The molecule has 19 heavy (non-hydrogen) atoms. The molecular weight excluding hydrogens is 262 g/mol. The highest BCUT2D eigenvalue weighted by molar-refractivity contribution is 7.18. The van der Waals surface area contributed by atoms with Gasteiger partial charge in [0.2, 0.25) is 0 Å². The Morgan fingerprint density at radius 3 is 2.47 bits per heavy atom. The van der Waals surface area contributed by atoms with E-state index in [0.717, 1.165) is 17.8 Å². The Balaban J connectivity index is 3.00. The van der Waals surface area contributed by atoms with Gasteiger partial charge in [0, 0.05) is 12.6 Å². The molecule has 1 aromatic rings. The average molecular weight is 283 g/mol. The number of carbonyl (C=O) groups is 2. The maximum atomic E-state index is 12.0. The summed E-state index contributed by atoms with van der Waals surface area (Å²) in [5.41, 5.74) is 6.93. The summed E-state index contributed by atoms with van der Waals surface area (Å²) >= 11 is 1.16. The number of amides is 2. The summed E-state index contributed by atoms with van der Waals surface area (Å²) in [5.74, 6) is -0.393. The molecule has 0 aliphatic rings. The zero-order chi connectivity index (χ0) is 14.6. The molecular formula is C13H21N3O2S. The van der Waals surface area contributed by atoms with Crippen LogP contribution in [0.2, 0.25) is 0 Å². The number of rotatable bonds is 5. The summed E-state index contributed by atoms with van der Waals surface area (Å²) in [6.45, 7) is 8.10. The van der Waals surface area contributed by atoms with Crippen LogP contribution in [-0.4, -0.2) is 24.4 Å². The highest BCUT2D eigenvalue weighted by atomic mass is 32.1. The van der Waals surface area contributed by atoms with Gasteiger partial charge in [-0.15, -0.1) is 11.3 Å². The quantitative estimate of drug-likeness (QED) is 0.772. The SMILES string of the molecule is CCCNC(=O)c1c(N)sc(C(=O)NC(C)C)c1C. The van der Waals surface area contributed by atoms with Gasteiger partial charge < -0.3 is 16.4 Å². The van der Waals surface area contributed by atoms with Gasteiger partial charge in [-0.05, 0) is 32.8 Å². The fraction of sp³-hybridized carbons (Fsp3) is 0.538. The highest BCUT2D eigenvalue weighted by Gasteiger charge is 2.23. The first-order chi connectivity index (χ1) is 8.88. The van der Waals surface area contributed by atoms with Gasteiger partial charge in [0.1, 0.15) is 0 Å². The second kappa shape index (κ2) is 6.56. The molecule has 0 aliphatic carbocycles. The largest absolute Gasteiger partial charge is 0.390 e. The molecule has 0 atom stereocenters. The Kier molecular flexibility index (Phi) is 5.35. The molecule has 0 bridgehead atoms. The van der Waals surface area contributed by atoms with Crippen molar-refractivity contribution >= 4 is 28.2 Å². The lowest BCUT2D eigenvalue weighted by atomic mass is 10.1. The molecule has 106 valence electrons. The number of nitrogen functional groups attached to an aromatic ring is 1. The van der Waals surface area contributed by atoms with Gasteiger partial charge in [-0.3, -0.25) is 9.59 Å². The fourth-order valence-corrected chi connectivity index (χ4v) is 2.66. The number of anilines is 1. The van der Waals surface area contributed by atoms with E-state index < -0.39 is 0 Å². The molecule has 5 nitrogen and oxygen atoms in total. The molecule has 0 saturated carbocycles. The van der Waals surface area contributed by atoms with Crippen LogP contribution in [0, 0.1) is 6.92 Å². The van der Waals surface area contributed by atoms with Crippen LogP contribution < -0.4 is 16.4 Å². The van der Waals surface area contributed by atoms with Crippen LogP contribution in [0.5, 0.6) is 0 Å². The Morgan fingerprint density at radius 1 is 1.32 bits per heavy atom. The third-order valence-electron chi connectivity index (χ3n) is 2.56. The minimum atomic E-state index is -0.211. The number of nitrogens with one attached hydrogen (secondary N) is 2. The predicted octanol–water partition coefficient (Wildman–Crippen LogP) is 1.92. The summed E-state index contributed by atoms with van der Waals surface area (Å²) in [7, 11) is 0. The van der Waals surface area contributed by atoms with Gasteiger partial charge in [0.15, 0.2) is 0 Å². The molecule has 0 aliphatic heterocycles. The monoisotopic (exact) mass is 283 g/mol. The summed E-state index contributed by atoms with van der Waals surface area (Å²) < 4.78 is 0. The molecule has 0 radical (unpaired) electrons. The first-order valence-electron chi connectivity index (χ1n) is 6.36. The second-order valence-corrected chi connectivity index (χ2v) is 5.73. The van der Waals surface area contributed by atoms with E-state index in [1.54, 1.807) is 6.92 Å². The van der Waals surface area contributed by atoms with Crippen LogP contribution in [0.3, 0.4) is 0 Å². The Bertz CT molecular complexity index is 480. The molecule has 1 rings (SSSR count). The Hall–Kier alpha value is -1.56. The summed E-state index contributed by atoms with van der Waals surface area (Å²) in [5, 5.41) is 5.97. The van der Waals surface area contributed by atoms with E-state index >= 15 is 0 Å². The van der Waals surface area contributed by atoms with E-state index in [4.69, 9.17) is 5.73 Å². The average Bonchev–Trinajstić information content (AvgIpc) is 2.61. The number of nitrogens with two attached hydrogens (primary N) is 1. The summed E-state index contributed by atoms with van der Waals surface area (Å²) in [4.78, 5) is 24.5. The van der Waals surface area contributed by atoms with E-state index in [1.165, 1.54) is 0 Å². The van der Waals surface area contributed by atoms with Crippen molar-refractivity contribution in [2.45, 2.75) is 40.2 Å². The van der Waals surface area contributed by atoms with E-state index in [0.29, 0.717) is 27.5 Å². The number of hydrogen-bond acceptors (Lipinski definition) is 4. The van der Waals surface area contributed by atoms with Crippen molar-refractivity contribution in [2.75, 3.05) is 12.3 Å². The van der Waals surface area contributed by atoms with E-state index in [9.17, 15) is 9.59 Å². The number of thiophene rings is 1. The minimum absolute atomic E-state index is 0.0487. The Labute approximate surface area is 117 Å². The van der Waals surface area contributed by atoms with Crippen LogP contribution in [0.1, 0.15) is 52.8 Å². The van der Waals surface area contributed by atoms with Gasteiger partial charge in [-0.25, -0.2) is 0 Å². The molecule has 0 spiro atoms. The molecule has 1 aromatic heterocycles. The van der Waals surface area contributed by atoms with Crippen molar-refractivity contribution in [1.82, 2.24) is 10.6 Å². The van der Waals surface area contributed by atoms with Gasteiger partial charge >= 0.3 is 0 Å². The van der Waals surface area contributed by atoms with E-state index in [2.05, 4.69) is 10.6 Å². The number of hydrogen-bond donors (Lipinski definition) is 3. The van der Waals surface area contributed by atoms with Gasteiger partial charge in [0.25, 0.3) is 11.8 Å². The van der Waals surface area contributed by atoms with Gasteiger partial charge in [-0.1, -0.05) is 6.92 Å². The summed E-state index contributed by atoms with van der Waals surface area (Å²) in [6.07, 6.45) is 0.857. The van der Waals surface area contributed by atoms with E-state index in [1.807, 2.05) is 20.8 Å². The molecule has 0 saturated heterocycles. The zero-order valence-corrected chi connectivity index (χ0v) is 12.6. The third kappa shape index (κ3) is 3.70. The normalized spacial score (nSPS) is 10.6. The van der Waals surface area contributed by atoms with Crippen LogP contribution in [-0.2, 0) is 0 Å². The van der Waals surface area contributed by atoms with Crippen molar-refractivity contribution in [2.24, 2.45) is 0 Å². The predicted molar refractivity (Wildman–Crippen MR) is 78.7 cm³/mol. The number of carbonyl (C=O) groups excluding carboxylic acids is 2. The maximum Gasteiger partial charge on any atom is 0.261 e. The van der Waals surface area contributed by atoms with E-state index in [-0.39, 0.29) is 17.9 Å². The standard InChI is InChI=1S/C13H21N3O2S/c1-5-6-15-12(17)9-8(4)10(19-11(9)14)13(18)16-7(2)3/h7H,5-6,14H2,1-4H3,(H,15,17)(H,16,18). The van der Waals surface area contributed by atoms with Crippen molar-refractivity contribution in [3.63, 3.8) is 0 Å². The zero-order valence-electron chi connectivity index (χ0n) is 11.8. The second-order valence-electron chi connectivity index (χ2n) is 4.68. The van der Waals surface area contributed by atoms with Crippen LogP contribution in [0.4, 0.5) is 5.00 Å². The molecule has 0 aromatic carbocycles. The topological polar surface area (TPSA) is 84.2 Å². The van der Waals surface area contributed by atoms with Crippen LogP contribution in [0.15, 0.2) is 0 Å². The summed E-state index contributed by atoms with van der Waals surface area (Å²) in [6, 6.07) is 0.0487. The van der Waals surface area contributed by atoms with Crippen LogP contribution >= 0.6 is 11.3 Å². The first kappa shape index (κ1) is 15.5. The molecule has 0 fully saturated rings. The lowest BCUT2D eigenvalue weighted by Gasteiger charge is -2.07. The third-order valence-corrected chi connectivity index (χ3v) is 3.68. The van der Waals surface area contributed by atoms with Crippen molar-refractivity contribution in [3.8, 4) is 0 Å². The lowest BCUT2D eigenvalue weighted by molar-refractivity contribution is 0.0946.